The number of fused-ring (bicyclic) bond motifs is 1. The molecule has 0 spiro atoms. The van der Waals surface area contributed by atoms with Crippen LogP contribution in [-0.4, -0.2) is 105 Å². The molecule has 2 atom stereocenters. The van der Waals surface area contributed by atoms with Crippen LogP contribution in [0.25, 0.3) is 0 Å². The smallest absolute Gasteiger partial charge is 0.335 e. The van der Waals surface area contributed by atoms with Crippen molar-refractivity contribution >= 4 is 29.0 Å². The maximum atomic E-state index is 16.4. The van der Waals surface area contributed by atoms with E-state index in [4.69, 9.17) is 19.2 Å². The number of unbranched alkanes of at least 4 members (excludes halogenated alkanes) is 2. The number of carboxylic acids is 1. The van der Waals surface area contributed by atoms with Crippen molar-refractivity contribution in [1.29, 1.82) is 0 Å². The SMILES string of the molecule is C=C(/C=C(COC(C)/C=C(F)\C(=C/C)C1=Nc2cc(C(=O)O)ccc2N(C(CC)CCCCC)C1)\C(=C/CC)N(CC)CCOC)N(CCOC)C(C)=O. The van der Waals surface area contributed by atoms with Crippen molar-refractivity contribution in [3.63, 3.8) is 0 Å². The largest absolute Gasteiger partial charge is 0.478 e. The van der Waals surface area contributed by atoms with Crippen LogP contribution in [0.4, 0.5) is 15.8 Å². The number of benzene rings is 1. The van der Waals surface area contributed by atoms with Crippen LogP contribution in [0.15, 0.2) is 82.4 Å². The highest BCUT2D eigenvalue weighted by Gasteiger charge is 2.28. The van der Waals surface area contributed by atoms with Gasteiger partial charge in [-0.1, -0.05) is 58.8 Å². The summed E-state index contributed by atoms with van der Waals surface area (Å²) in [4.78, 5) is 35.3. The highest BCUT2D eigenvalue weighted by atomic mass is 19.1. The summed E-state index contributed by atoms with van der Waals surface area (Å²) in [5, 5.41) is 9.73. The third-order valence-corrected chi connectivity index (χ3v) is 9.50. The quantitative estimate of drug-likeness (QED) is 0.0780. The number of methoxy groups -OCH3 is 2. The Labute approximate surface area is 323 Å². The Hall–Kier alpha value is -4.06. The van der Waals surface area contributed by atoms with Gasteiger partial charge in [0, 0.05) is 69.4 Å². The number of carbonyl (C=O) groups is 2. The second-order valence-electron chi connectivity index (χ2n) is 13.4. The predicted molar refractivity (Wildman–Crippen MR) is 218 cm³/mol. The summed E-state index contributed by atoms with van der Waals surface area (Å²) >= 11 is 0. The first-order valence-electron chi connectivity index (χ1n) is 19.4. The molecule has 0 aromatic heterocycles. The minimum Gasteiger partial charge on any atom is -0.478 e. The van der Waals surface area contributed by atoms with Gasteiger partial charge in [-0.25, -0.2) is 14.2 Å². The summed E-state index contributed by atoms with van der Waals surface area (Å²) in [6.45, 7) is 20.8. The lowest BCUT2D eigenvalue weighted by Gasteiger charge is -2.37. The van der Waals surface area contributed by atoms with Crippen molar-refractivity contribution in [3.05, 3.63) is 83.0 Å². The van der Waals surface area contributed by atoms with Crippen molar-refractivity contribution in [2.45, 2.75) is 99.1 Å². The van der Waals surface area contributed by atoms with Crippen LogP contribution in [0.3, 0.4) is 0 Å². The van der Waals surface area contributed by atoms with Crippen molar-refractivity contribution in [2.75, 3.05) is 65.1 Å². The Morgan fingerprint density at radius 1 is 1.11 bits per heavy atom. The normalized spacial score (nSPS) is 15.1. The number of hydrogen-bond acceptors (Lipinski definition) is 8. The summed E-state index contributed by atoms with van der Waals surface area (Å²) in [5.41, 5.74) is 4.61. The molecule has 2 rings (SSSR count). The number of likely N-dealkylation sites (N-methyl/N-ethyl adjacent to an activating group) is 1. The van der Waals surface area contributed by atoms with Crippen LogP contribution in [0.1, 0.15) is 97.3 Å². The number of aliphatic imine (C=N–C) groups is 1. The number of allylic oxidation sites excluding steroid dienone is 4. The van der Waals surface area contributed by atoms with Crippen LogP contribution in [-0.2, 0) is 19.0 Å². The minimum absolute atomic E-state index is 0.122. The number of halogens is 1. The van der Waals surface area contributed by atoms with Gasteiger partial charge in [0.15, 0.2) is 0 Å². The number of rotatable bonds is 25. The molecular weight excluding hydrogens is 687 g/mol. The number of hydrogen-bond donors (Lipinski definition) is 1. The van der Waals surface area contributed by atoms with Crippen molar-refractivity contribution in [3.8, 4) is 0 Å². The zero-order chi connectivity index (χ0) is 40.2. The van der Waals surface area contributed by atoms with Crippen molar-refractivity contribution in [1.82, 2.24) is 9.80 Å². The van der Waals surface area contributed by atoms with Gasteiger partial charge in [-0.05, 0) is 70.4 Å². The van der Waals surface area contributed by atoms with Gasteiger partial charge in [0.25, 0.3) is 0 Å². The van der Waals surface area contributed by atoms with Gasteiger partial charge in [0.05, 0.1) is 55.1 Å². The lowest BCUT2D eigenvalue weighted by atomic mass is 9.98. The maximum absolute atomic E-state index is 16.4. The third-order valence-electron chi connectivity index (χ3n) is 9.50. The second-order valence-corrected chi connectivity index (χ2v) is 13.4. The van der Waals surface area contributed by atoms with E-state index in [0.717, 1.165) is 55.5 Å². The number of aromatic carboxylic acids is 1. The lowest BCUT2D eigenvalue weighted by Crippen LogP contribution is -2.41. The molecule has 0 bridgehead atoms. The first kappa shape index (κ1) is 46.1. The fourth-order valence-electron chi connectivity index (χ4n) is 6.57. The average molecular weight is 753 g/mol. The van der Waals surface area contributed by atoms with Crippen LogP contribution >= 0.6 is 0 Å². The standard InChI is InChI=1S/C43H65FN4O6/c1-11-16-17-19-36(13-3)48-29-40(45-39-28-34(43(50)51)20-21-42(39)48)37(14-4)38(44)27-32(7)54-30-35(26-31(6)47(33(8)49)23-25-53-10)41(18-12-2)46(15-5)22-24-52-9/h14,18,20-21,26-28,32,36H,6,11-13,15-17,19,22-25,29-30H2,1-5,7-10H3,(H,50,51)/b35-26-,37-14+,38-27+,41-18+. The van der Waals surface area contributed by atoms with Crippen LogP contribution < -0.4 is 4.90 Å². The van der Waals surface area contributed by atoms with Crippen LogP contribution in [0.2, 0.25) is 0 Å². The number of carboxylic acid groups (broad SMARTS) is 1. The van der Waals surface area contributed by atoms with Gasteiger partial charge < -0.3 is 34.0 Å². The molecule has 0 radical (unpaired) electrons. The van der Waals surface area contributed by atoms with Gasteiger partial charge >= 0.3 is 5.97 Å². The highest BCUT2D eigenvalue weighted by molar-refractivity contribution is 6.10. The second kappa shape index (κ2) is 24.4. The lowest BCUT2D eigenvalue weighted by molar-refractivity contribution is -0.127. The highest BCUT2D eigenvalue weighted by Crippen LogP contribution is 2.38. The van der Waals surface area contributed by atoms with Gasteiger partial charge in [0.2, 0.25) is 5.91 Å². The van der Waals surface area contributed by atoms with Crippen molar-refractivity contribution in [2.24, 2.45) is 4.99 Å². The van der Waals surface area contributed by atoms with Crippen molar-refractivity contribution < 1.29 is 33.3 Å². The zero-order valence-electron chi connectivity index (χ0n) is 34.3. The van der Waals surface area contributed by atoms with E-state index in [1.165, 1.54) is 13.0 Å². The average Bonchev–Trinajstić information content (AvgIpc) is 3.14. The van der Waals surface area contributed by atoms with E-state index in [-0.39, 0.29) is 24.1 Å². The van der Waals surface area contributed by atoms with E-state index < -0.39 is 17.9 Å². The fraction of sp³-hybridized carbons (Fsp3) is 0.558. The van der Waals surface area contributed by atoms with E-state index >= 15 is 4.39 Å². The monoisotopic (exact) mass is 752 g/mol. The van der Waals surface area contributed by atoms with E-state index in [9.17, 15) is 14.7 Å². The minimum atomic E-state index is -1.04. The van der Waals surface area contributed by atoms with E-state index in [0.29, 0.717) is 62.1 Å². The summed E-state index contributed by atoms with van der Waals surface area (Å²) in [7, 11) is 3.25. The Bertz CT molecular complexity index is 1550. The molecule has 0 saturated carbocycles. The number of amides is 1. The van der Waals surface area contributed by atoms with Gasteiger partial charge in [0.1, 0.15) is 5.83 Å². The Morgan fingerprint density at radius 2 is 1.81 bits per heavy atom. The predicted octanol–water partition coefficient (Wildman–Crippen LogP) is 9.04. The summed E-state index contributed by atoms with van der Waals surface area (Å²) in [6, 6.07) is 5.19. The van der Waals surface area contributed by atoms with E-state index in [1.54, 1.807) is 51.2 Å². The Balaban J connectivity index is 2.51. The fourth-order valence-corrected chi connectivity index (χ4v) is 6.57. The molecule has 54 heavy (non-hydrogen) atoms. The molecule has 10 nitrogen and oxygen atoms in total. The molecule has 1 aromatic rings. The topological polar surface area (TPSA) is 104 Å². The zero-order valence-corrected chi connectivity index (χ0v) is 34.3. The summed E-state index contributed by atoms with van der Waals surface area (Å²) in [5.74, 6) is -1.67. The van der Waals surface area contributed by atoms with Gasteiger partial charge in [-0.15, -0.1) is 0 Å². The number of nitrogens with zero attached hydrogens (tertiary/aromatic N) is 4. The molecule has 11 heteroatoms. The molecule has 1 N–H and O–H groups in total. The third kappa shape index (κ3) is 13.7. The van der Waals surface area contributed by atoms with E-state index in [2.05, 4.69) is 50.1 Å². The number of ether oxygens (including phenoxy) is 3. The van der Waals surface area contributed by atoms with E-state index in [1.807, 2.05) is 12.1 Å². The maximum Gasteiger partial charge on any atom is 0.335 e. The number of anilines is 1. The Morgan fingerprint density at radius 3 is 2.39 bits per heavy atom. The molecule has 0 fully saturated rings. The summed E-state index contributed by atoms with van der Waals surface area (Å²) in [6.07, 6.45) is 12.4. The molecule has 1 aromatic carbocycles. The van der Waals surface area contributed by atoms with Crippen LogP contribution in [0.5, 0.6) is 0 Å². The Kier molecular flexibility index (Phi) is 20.8. The van der Waals surface area contributed by atoms with Gasteiger partial charge in [-0.3, -0.25) is 4.79 Å². The molecule has 1 aliphatic heterocycles. The molecule has 2 unspecified atom stereocenters. The molecule has 300 valence electrons. The molecule has 1 heterocycles. The molecule has 1 amide bonds. The first-order chi connectivity index (χ1) is 25.9. The summed E-state index contributed by atoms with van der Waals surface area (Å²) < 4.78 is 33.4. The molecule has 0 aliphatic carbocycles. The number of carbonyl (C=O) groups excluding carboxylic acids is 1. The first-order valence-corrected chi connectivity index (χ1v) is 19.4. The molecule has 1 aliphatic rings. The molecule has 0 saturated heterocycles. The van der Waals surface area contributed by atoms with Crippen LogP contribution in [0, 0.1) is 0 Å². The molecular formula is C43H65FN4O6. The van der Waals surface area contributed by atoms with Gasteiger partial charge in [-0.2, -0.15) is 0 Å².